The molecule has 1 fully saturated rings. The average molecular weight is 610 g/mol. The van der Waals surface area contributed by atoms with E-state index in [2.05, 4.69) is 20.3 Å². The molecule has 5 aromatic rings. The van der Waals surface area contributed by atoms with E-state index in [4.69, 9.17) is 9.47 Å². The Morgan fingerprint density at radius 1 is 1.02 bits per heavy atom. The van der Waals surface area contributed by atoms with Gasteiger partial charge in [0.25, 0.3) is 5.56 Å². The molecule has 232 valence electrons. The van der Waals surface area contributed by atoms with Crippen LogP contribution in [0.15, 0.2) is 96.1 Å². The van der Waals surface area contributed by atoms with E-state index in [0.29, 0.717) is 5.75 Å². The Bertz CT molecular complexity index is 1800. The molecule has 1 unspecified atom stereocenters. The summed E-state index contributed by atoms with van der Waals surface area (Å²) in [5.74, 6) is 0.0105. The summed E-state index contributed by atoms with van der Waals surface area (Å²) in [7, 11) is 1.60. The van der Waals surface area contributed by atoms with E-state index in [-0.39, 0.29) is 35.4 Å². The summed E-state index contributed by atoms with van der Waals surface area (Å²) >= 11 is 0. The van der Waals surface area contributed by atoms with E-state index in [0.717, 1.165) is 16.7 Å². The Morgan fingerprint density at radius 2 is 1.62 bits per heavy atom. The first-order valence-corrected chi connectivity index (χ1v) is 14.8. The molecule has 45 heavy (non-hydrogen) atoms. The number of amides is 1. The molecule has 0 saturated carbocycles. The van der Waals surface area contributed by atoms with Gasteiger partial charge in [-0.1, -0.05) is 86.6 Å². The quantitative estimate of drug-likeness (QED) is 0.184. The Hall–Kier alpha value is -4.84. The second kappa shape index (κ2) is 12.3. The summed E-state index contributed by atoms with van der Waals surface area (Å²) in [6.45, 7) is 3.46. The summed E-state index contributed by atoms with van der Waals surface area (Å²) in [5, 5.41) is 26.6. The highest BCUT2D eigenvalue weighted by Crippen LogP contribution is 2.47. The van der Waals surface area contributed by atoms with Crippen LogP contribution < -0.4 is 15.6 Å². The van der Waals surface area contributed by atoms with Crippen molar-refractivity contribution < 1.29 is 24.5 Å². The van der Waals surface area contributed by atoms with Gasteiger partial charge in [-0.05, 0) is 28.8 Å². The monoisotopic (exact) mass is 609 g/mol. The number of carbonyl (C=O) groups is 1. The number of H-pyrrole nitrogens is 1. The fraction of sp³-hybridized carbons (Fsp3) is 0.294. The van der Waals surface area contributed by atoms with Gasteiger partial charge in [0.05, 0.1) is 25.0 Å². The maximum Gasteiger partial charge on any atom is 0.280 e. The largest absolute Gasteiger partial charge is 0.497 e. The molecule has 11 heteroatoms. The number of benzene rings is 3. The molecule has 0 bridgehead atoms. The molecule has 0 spiro atoms. The number of nitrogens with zero attached hydrogens (tertiary/aromatic N) is 3. The SMILES string of the molecule is COc1ccc(C(c2ccccc2)(c2ccccc2)C(O)[C@H]2O[C@@H](n3cnc4c(=O)[nH]c(NC(=O)C(C)C)nc43)C[C@@H]2O)cc1. The smallest absolute Gasteiger partial charge is 0.280 e. The lowest BCUT2D eigenvalue weighted by Gasteiger charge is -2.42. The number of anilines is 1. The third-order valence-electron chi connectivity index (χ3n) is 8.40. The molecule has 0 radical (unpaired) electrons. The van der Waals surface area contributed by atoms with Gasteiger partial charge in [0.2, 0.25) is 11.9 Å². The summed E-state index contributed by atoms with van der Waals surface area (Å²) < 4.78 is 13.4. The van der Waals surface area contributed by atoms with E-state index in [1.54, 1.807) is 25.5 Å². The van der Waals surface area contributed by atoms with Crippen molar-refractivity contribution >= 4 is 23.0 Å². The van der Waals surface area contributed by atoms with Crippen molar-refractivity contribution in [1.29, 1.82) is 0 Å². The predicted molar refractivity (Wildman–Crippen MR) is 168 cm³/mol. The fourth-order valence-electron chi connectivity index (χ4n) is 6.10. The molecule has 3 heterocycles. The number of fused-ring (bicyclic) bond motifs is 1. The third kappa shape index (κ3) is 5.39. The molecule has 0 aliphatic carbocycles. The van der Waals surface area contributed by atoms with Crippen molar-refractivity contribution in [3.63, 3.8) is 0 Å². The maximum absolute atomic E-state index is 12.8. The summed E-state index contributed by atoms with van der Waals surface area (Å²) in [5.41, 5.74) is 0.938. The van der Waals surface area contributed by atoms with Gasteiger partial charge in [0.1, 0.15) is 24.2 Å². The molecule has 1 amide bonds. The van der Waals surface area contributed by atoms with Crippen LogP contribution in [0.25, 0.3) is 11.2 Å². The first kappa shape index (κ1) is 30.2. The minimum absolute atomic E-state index is 0.0187. The molecule has 2 aromatic heterocycles. The van der Waals surface area contributed by atoms with Crippen LogP contribution in [0.4, 0.5) is 5.95 Å². The zero-order valence-corrected chi connectivity index (χ0v) is 25.1. The van der Waals surface area contributed by atoms with Crippen LogP contribution in [0.1, 0.15) is 43.2 Å². The van der Waals surface area contributed by atoms with Crippen molar-refractivity contribution in [2.75, 3.05) is 12.4 Å². The van der Waals surface area contributed by atoms with Gasteiger partial charge in [0.15, 0.2) is 11.2 Å². The highest BCUT2D eigenvalue weighted by Gasteiger charge is 2.52. The first-order chi connectivity index (χ1) is 21.7. The van der Waals surface area contributed by atoms with Gasteiger partial charge < -0.3 is 19.7 Å². The predicted octanol–water partition coefficient (Wildman–Crippen LogP) is 3.77. The lowest BCUT2D eigenvalue weighted by Crippen LogP contribution is -2.51. The molecular weight excluding hydrogens is 574 g/mol. The number of ether oxygens (including phenoxy) is 2. The number of aliphatic hydroxyl groups is 2. The van der Waals surface area contributed by atoms with Crippen LogP contribution in [-0.2, 0) is 14.9 Å². The van der Waals surface area contributed by atoms with Gasteiger partial charge in [-0.25, -0.2) is 4.98 Å². The van der Waals surface area contributed by atoms with E-state index >= 15 is 0 Å². The molecular formula is C34H35N5O6. The van der Waals surface area contributed by atoms with E-state index in [1.165, 1.54) is 6.33 Å². The van der Waals surface area contributed by atoms with Crippen molar-refractivity contribution in [3.05, 3.63) is 118 Å². The molecule has 1 aliphatic heterocycles. The Morgan fingerprint density at radius 3 is 2.20 bits per heavy atom. The van der Waals surface area contributed by atoms with Crippen LogP contribution in [0.3, 0.4) is 0 Å². The molecule has 3 aromatic carbocycles. The Labute approximate surface area is 259 Å². The van der Waals surface area contributed by atoms with Gasteiger partial charge in [-0.3, -0.25) is 24.5 Å². The van der Waals surface area contributed by atoms with E-state index in [1.807, 2.05) is 84.9 Å². The molecule has 4 N–H and O–H groups in total. The minimum Gasteiger partial charge on any atom is -0.497 e. The number of aliphatic hydroxyl groups excluding tert-OH is 2. The van der Waals surface area contributed by atoms with Crippen LogP contribution in [-0.4, -0.2) is 61.1 Å². The number of aromatic nitrogens is 4. The normalized spacial score (nSPS) is 19.1. The zero-order chi connectivity index (χ0) is 31.7. The van der Waals surface area contributed by atoms with Crippen LogP contribution >= 0.6 is 0 Å². The minimum atomic E-state index is -1.28. The second-order valence-corrected chi connectivity index (χ2v) is 11.5. The van der Waals surface area contributed by atoms with Crippen molar-refractivity contribution in [2.45, 2.75) is 50.2 Å². The van der Waals surface area contributed by atoms with E-state index in [9.17, 15) is 19.8 Å². The highest BCUT2D eigenvalue weighted by molar-refractivity contribution is 5.91. The molecule has 1 saturated heterocycles. The first-order valence-electron chi connectivity index (χ1n) is 14.8. The molecule has 4 atom stereocenters. The van der Waals surface area contributed by atoms with Crippen LogP contribution in [0, 0.1) is 5.92 Å². The third-order valence-corrected chi connectivity index (χ3v) is 8.40. The number of nitrogens with one attached hydrogen (secondary N) is 2. The van der Waals surface area contributed by atoms with Crippen LogP contribution in [0.2, 0.25) is 0 Å². The molecule has 1 aliphatic rings. The number of hydrogen-bond acceptors (Lipinski definition) is 8. The number of imidazole rings is 1. The van der Waals surface area contributed by atoms with Crippen LogP contribution in [0.5, 0.6) is 5.75 Å². The number of hydrogen-bond donors (Lipinski definition) is 4. The van der Waals surface area contributed by atoms with Gasteiger partial charge >= 0.3 is 0 Å². The Balaban J connectivity index is 1.43. The second-order valence-electron chi connectivity index (χ2n) is 11.5. The number of carbonyl (C=O) groups excluding carboxylic acids is 1. The summed E-state index contributed by atoms with van der Waals surface area (Å²) in [6.07, 6.45) is -2.72. The highest BCUT2D eigenvalue weighted by atomic mass is 16.5. The lowest BCUT2D eigenvalue weighted by atomic mass is 9.64. The van der Waals surface area contributed by atoms with Gasteiger partial charge in [-0.2, -0.15) is 4.98 Å². The standard InChI is InChI=1S/C34H35N5O6/c1-20(2)31(42)37-33-36-30-27(32(43)38-33)35-19-39(30)26-18-25(40)28(45-26)29(41)34(21-10-6-4-7-11-21,22-12-8-5-9-13-22)23-14-16-24(44-3)17-15-23/h4-17,19-20,25-26,28-29,40-41H,18H2,1-3H3,(H2,36,37,38,42,43)/t25-,26+,28-,29?/m0/s1. The molecule has 6 rings (SSSR count). The van der Waals surface area contributed by atoms with Gasteiger partial charge in [0, 0.05) is 12.3 Å². The Kier molecular flexibility index (Phi) is 8.24. The van der Waals surface area contributed by atoms with E-state index < -0.39 is 35.5 Å². The molecule has 11 nitrogen and oxygen atoms in total. The van der Waals surface area contributed by atoms with Crippen molar-refractivity contribution in [3.8, 4) is 5.75 Å². The maximum atomic E-state index is 12.8. The van der Waals surface area contributed by atoms with Crippen molar-refractivity contribution in [1.82, 2.24) is 19.5 Å². The fourth-order valence-corrected chi connectivity index (χ4v) is 6.10. The van der Waals surface area contributed by atoms with Crippen molar-refractivity contribution in [2.24, 2.45) is 5.92 Å². The zero-order valence-electron chi connectivity index (χ0n) is 25.1. The number of rotatable bonds is 9. The number of aromatic amines is 1. The summed E-state index contributed by atoms with van der Waals surface area (Å²) in [4.78, 5) is 36.3. The topological polar surface area (TPSA) is 152 Å². The average Bonchev–Trinajstić information content (AvgIpc) is 3.66. The number of methoxy groups -OCH3 is 1. The lowest BCUT2D eigenvalue weighted by molar-refractivity contribution is -0.118. The van der Waals surface area contributed by atoms with Gasteiger partial charge in [-0.15, -0.1) is 0 Å². The summed E-state index contributed by atoms with van der Waals surface area (Å²) in [6, 6.07) is 26.8.